The van der Waals surface area contributed by atoms with Gasteiger partial charge in [-0.1, -0.05) is 12.1 Å². The van der Waals surface area contributed by atoms with Gasteiger partial charge < -0.3 is 15.2 Å². The number of aromatic nitrogens is 4. The molecule has 0 bridgehead atoms. The van der Waals surface area contributed by atoms with Crippen LogP contribution in [0.15, 0.2) is 10.9 Å². The highest BCUT2D eigenvalue weighted by atomic mass is 16.5. The minimum absolute atomic E-state index is 0.617. The van der Waals surface area contributed by atoms with Crippen molar-refractivity contribution >= 4 is 11.6 Å². The number of hydrogen-bond acceptors (Lipinski definition) is 7. The second kappa shape index (κ2) is 6.83. The SMILES string of the molecule is CCCc1nc(NC)c(C)c(NCCc2ncno2)n1. The van der Waals surface area contributed by atoms with Crippen molar-refractivity contribution in [3.8, 4) is 0 Å². The summed E-state index contributed by atoms with van der Waals surface area (Å²) in [5.74, 6) is 3.19. The van der Waals surface area contributed by atoms with Gasteiger partial charge in [-0.2, -0.15) is 4.98 Å². The largest absolute Gasteiger partial charge is 0.373 e. The van der Waals surface area contributed by atoms with E-state index in [2.05, 4.69) is 37.7 Å². The highest BCUT2D eigenvalue weighted by Crippen LogP contribution is 2.20. The number of hydrogen-bond donors (Lipinski definition) is 2. The highest BCUT2D eigenvalue weighted by Gasteiger charge is 2.09. The standard InChI is InChI=1S/C13H20N6O/c1-4-5-10-18-12(14-3)9(2)13(19-10)15-7-6-11-16-8-17-20-11/h8H,4-7H2,1-3H3,(H2,14,15,18,19). The van der Waals surface area contributed by atoms with Crippen molar-refractivity contribution in [2.45, 2.75) is 33.1 Å². The van der Waals surface area contributed by atoms with Gasteiger partial charge >= 0.3 is 0 Å². The van der Waals surface area contributed by atoms with Gasteiger partial charge in [-0.15, -0.1) is 0 Å². The first-order chi connectivity index (χ1) is 9.74. The molecule has 0 saturated heterocycles. The number of nitrogens with zero attached hydrogens (tertiary/aromatic N) is 4. The quantitative estimate of drug-likeness (QED) is 0.797. The molecule has 7 nitrogen and oxygen atoms in total. The molecule has 2 N–H and O–H groups in total. The van der Waals surface area contributed by atoms with Gasteiger partial charge in [0.25, 0.3) is 0 Å². The Kier molecular flexibility index (Phi) is 4.86. The van der Waals surface area contributed by atoms with Crippen LogP contribution < -0.4 is 10.6 Å². The van der Waals surface area contributed by atoms with Gasteiger partial charge in [0.05, 0.1) is 0 Å². The molecule has 0 amide bonds. The van der Waals surface area contributed by atoms with Crippen LogP contribution in [0.3, 0.4) is 0 Å². The third-order valence-electron chi connectivity index (χ3n) is 2.94. The summed E-state index contributed by atoms with van der Waals surface area (Å²) in [7, 11) is 1.87. The van der Waals surface area contributed by atoms with Gasteiger partial charge in [-0.05, 0) is 13.3 Å². The summed E-state index contributed by atoms with van der Waals surface area (Å²) < 4.78 is 4.96. The maximum absolute atomic E-state index is 4.96. The monoisotopic (exact) mass is 276 g/mol. The zero-order valence-electron chi connectivity index (χ0n) is 12.1. The van der Waals surface area contributed by atoms with E-state index < -0.39 is 0 Å². The van der Waals surface area contributed by atoms with Gasteiger partial charge in [-0.25, -0.2) is 9.97 Å². The lowest BCUT2D eigenvalue weighted by Crippen LogP contribution is -2.12. The molecule has 0 spiro atoms. The number of rotatable bonds is 7. The second-order valence-corrected chi connectivity index (χ2v) is 4.47. The van der Waals surface area contributed by atoms with Crippen molar-refractivity contribution in [2.75, 3.05) is 24.2 Å². The minimum Gasteiger partial charge on any atom is -0.373 e. The molecule has 0 fully saturated rings. The Morgan fingerprint density at radius 3 is 2.65 bits per heavy atom. The predicted octanol–water partition coefficient (Wildman–Crippen LogP) is 1.82. The molecular formula is C13H20N6O. The molecule has 0 atom stereocenters. The third kappa shape index (κ3) is 3.43. The molecule has 0 unspecified atom stereocenters. The summed E-state index contributed by atoms with van der Waals surface area (Å²) >= 11 is 0. The van der Waals surface area contributed by atoms with Crippen LogP contribution in [0.25, 0.3) is 0 Å². The van der Waals surface area contributed by atoms with Gasteiger partial charge in [0.1, 0.15) is 17.5 Å². The Morgan fingerprint density at radius 1 is 1.20 bits per heavy atom. The molecule has 20 heavy (non-hydrogen) atoms. The van der Waals surface area contributed by atoms with Crippen LogP contribution in [0.2, 0.25) is 0 Å². The van der Waals surface area contributed by atoms with Crippen LogP contribution in [0.5, 0.6) is 0 Å². The average Bonchev–Trinajstić information content (AvgIpc) is 2.95. The lowest BCUT2D eigenvalue weighted by Gasteiger charge is -2.13. The minimum atomic E-state index is 0.617. The van der Waals surface area contributed by atoms with Crippen molar-refractivity contribution in [1.29, 1.82) is 0 Å². The van der Waals surface area contributed by atoms with E-state index in [-0.39, 0.29) is 0 Å². The molecule has 0 aliphatic rings. The van der Waals surface area contributed by atoms with Crippen LogP contribution in [0, 0.1) is 6.92 Å². The van der Waals surface area contributed by atoms with E-state index in [0.29, 0.717) is 18.9 Å². The normalized spacial score (nSPS) is 10.6. The van der Waals surface area contributed by atoms with Gasteiger partial charge in [-0.3, -0.25) is 0 Å². The van der Waals surface area contributed by atoms with Crippen molar-refractivity contribution in [3.05, 3.63) is 23.6 Å². The number of anilines is 2. The number of aryl methyl sites for hydroxylation is 1. The fourth-order valence-electron chi connectivity index (χ4n) is 1.91. The van der Waals surface area contributed by atoms with Crippen LogP contribution >= 0.6 is 0 Å². The molecule has 2 rings (SSSR count). The highest BCUT2D eigenvalue weighted by molar-refractivity contribution is 5.57. The lowest BCUT2D eigenvalue weighted by atomic mass is 10.2. The Morgan fingerprint density at radius 2 is 2.00 bits per heavy atom. The maximum atomic E-state index is 4.96. The molecule has 0 aliphatic carbocycles. The summed E-state index contributed by atoms with van der Waals surface area (Å²) in [6, 6.07) is 0. The maximum Gasteiger partial charge on any atom is 0.228 e. The van der Waals surface area contributed by atoms with E-state index >= 15 is 0 Å². The summed E-state index contributed by atoms with van der Waals surface area (Å²) in [6.45, 7) is 4.80. The lowest BCUT2D eigenvalue weighted by molar-refractivity contribution is 0.379. The second-order valence-electron chi connectivity index (χ2n) is 4.47. The molecule has 0 radical (unpaired) electrons. The summed E-state index contributed by atoms with van der Waals surface area (Å²) in [5.41, 5.74) is 1.01. The molecule has 2 aromatic rings. The average molecular weight is 276 g/mol. The van der Waals surface area contributed by atoms with Crippen LogP contribution in [0.1, 0.15) is 30.6 Å². The van der Waals surface area contributed by atoms with Crippen LogP contribution in [-0.2, 0) is 12.8 Å². The first kappa shape index (κ1) is 14.2. The van der Waals surface area contributed by atoms with Crippen molar-refractivity contribution < 1.29 is 4.52 Å². The molecule has 0 aliphatic heterocycles. The Bertz CT molecular complexity index is 540. The molecule has 2 heterocycles. The van der Waals surface area contributed by atoms with Crippen molar-refractivity contribution in [2.24, 2.45) is 0 Å². The van der Waals surface area contributed by atoms with E-state index in [0.717, 1.165) is 35.9 Å². The molecule has 0 aromatic carbocycles. The Hall–Kier alpha value is -2.18. The van der Waals surface area contributed by atoms with E-state index in [1.807, 2.05) is 14.0 Å². The molecule has 2 aromatic heterocycles. The van der Waals surface area contributed by atoms with E-state index in [9.17, 15) is 0 Å². The van der Waals surface area contributed by atoms with Crippen LogP contribution in [-0.4, -0.2) is 33.7 Å². The smallest absolute Gasteiger partial charge is 0.228 e. The Balaban J connectivity index is 2.06. The predicted molar refractivity (Wildman–Crippen MR) is 76.8 cm³/mol. The van der Waals surface area contributed by atoms with E-state index in [1.54, 1.807) is 0 Å². The summed E-state index contributed by atoms with van der Waals surface area (Å²) in [5, 5.41) is 9.99. The molecular weight excluding hydrogens is 256 g/mol. The number of nitrogens with one attached hydrogen (secondary N) is 2. The van der Waals surface area contributed by atoms with Gasteiger partial charge in [0.2, 0.25) is 5.89 Å². The Labute approximate surface area is 118 Å². The van der Waals surface area contributed by atoms with Crippen molar-refractivity contribution in [1.82, 2.24) is 20.1 Å². The first-order valence-corrected chi connectivity index (χ1v) is 6.79. The van der Waals surface area contributed by atoms with Gasteiger partial charge in [0, 0.05) is 32.0 Å². The fourth-order valence-corrected chi connectivity index (χ4v) is 1.91. The van der Waals surface area contributed by atoms with Crippen molar-refractivity contribution in [3.63, 3.8) is 0 Å². The summed E-state index contributed by atoms with van der Waals surface area (Å²) in [6.07, 6.45) is 3.96. The van der Waals surface area contributed by atoms with E-state index in [4.69, 9.17) is 4.52 Å². The van der Waals surface area contributed by atoms with Gasteiger partial charge in [0.15, 0.2) is 6.33 Å². The molecule has 0 saturated carbocycles. The molecule has 7 heteroatoms. The first-order valence-electron chi connectivity index (χ1n) is 6.79. The third-order valence-corrected chi connectivity index (χ3v) is 2.94. The topological polar surface area (TPSA) is 88.8 Å². The van der Waals surface area contributed by atoms with E-state index in [1.165, 1.54) is 6.33 Å². The fraction of sp³-hybridized carbons (Fsp3) is 0.538. The molecule has 108 valence electrons. The summed E-state index contributed by atoms with van der Waals surface area (Å²) in [4.78, 5) is 13.0. The zero-order chi connectivity index (χ0) is 14.4. The zero-order valence-corrected chi connectivity index (χ0v) is 12.1. The van der Waals surface area contributed by atoms with Crippen LogP contribution in [0.4, 0.5) is 11.6 Å².